The molecule has 140 valence electrons. The van der Waals surface area contributed by atoms with Crippen LogP contribution in [0.5, 0.6) is 0 Å². The third kappa shape index (κ3) is 4.19. The molecule has 11 heteroatoms. The van der Waals surface area contributed by atoms with E-state index in [0.29, 0.717) is 5.82 Å². The Bertz CT molecular complexity index is 984. The maximum atomic E-state index is 13.3. The molecule has 0 aliphatic heterocycles. The molecule has 0 bridgehead atoms. The third-order valence-corrected chi connectivity index (χ3v) is 3.40. The van der Waals surface area contributed by atoms with Crippen molar-refractivity contribution in [3.05, 3.63) is 41.9 Å². The molecule has 0 spiro atoms. The number of amides is 1. The number of aryl methyl sites for hydroxylation is 1. The van der Waals surface area contributed by atoms with Crippen LogP contribution in [0.1, 0.15) is 18.3 Å². The Morgan fingerprint density at radius 2 is 1.93 bits per heavy atom. The van der Waals surface area contributed by atoms with Crippen LogP contribution < -0.4 is 10.6 Å². The number of nitrogens with one attached hydrogen (secondary N) is 3. The van der Waals surface area contributed by atoms with Gasteiger partial charge in [-0.05, 0) is 13.0 Å². The van der Waals surface area contributed by atoms with E-state index in [1.807, 2.05) is 0 Å². The van der Waals surface area contributed by atoms with E-state index in [4.69, 9.17) is 0 Å². The van der Waals surface area contributed by atoms with Crippen molar-refractivity contribution in [3.63, 3.8) is 0 Å². The van der Waals surface area contributed by atoms with Gasteiger partial charge in [0.1, 0.15) is 11.5 Å². The fraction of sp³-hybridized carbons (Fsp3) is 0.188. The molecule has 2 aromatic heterocycles. The zero-order chi connectivity index (χ0) is 19.6. The summed E-state index contributed by atoms with van der Waals surface area (Å²) in [6, 6.07) is 4.97. The van der Waals surface area contributed by atoms with Crippen LogP contribution in [0.2, 0.25) is 0 Å². The number of rotatable bonds is 4. The first-order valence-corrected chi connectivity index (χ1v) is 7.71. The topological polar surface area (TPSA) is 108 Å². The molecule has 0 unspecified atom stereocenters. The van der Waals surface area contributed by atoms with E-state index in [2.05, 4.69) is 35.8 Å². The van der Waals surface area contributed by atoms with Crippen LogP contribution in [-0.2, 0) is 11.0 Å². The van der Waals surface area contributed by atoms with Gasteiger partial charge in [-0.15, -0.1) is 5.10 Å². The molecule has 0 saturated carbocycles. The number of halogens is 3. The van der Waals surface area contributed by atoms with Gasteiger partial charge < -0.3 is 10.6 Å². The van der Waals surface area contributed by atoms with E-state index >= 15 is 0 Å². The Morgan fingerprint density at radius 3 is 2.56 bits per heavy atom. The molecule has 3 N–H and O–H groups in total. The molecule has 0 radical (unpaired) electrons. The monoisotopic (exact) mass is 377 g/mol. The molecule has 2 heterocycles. The van der Waals surface area contributed by atoms with Crippen molar-refractivity contribution in [2.75, 3.05) is 10.6 Å². The van der Waals surface area contributed by atoms with Gasteiger partial charge in [0.2, 0.25) is 11.9 Å². The van der Waals surface area contributed by atoms with Crippen molar-refractivity contribution in [2.24, 2.45) is 0 Å². The molecule has 1 aromatic carbocycles. The molecule has 0 aliphatic carbocycles. The van der Waals surface area contributed by atoms with E-state index in [9.17, 15) is 18.0 Å². The number of carbonyl (C=O) groups excluding carboxylic acids is 1. The highest BCUT2D eigenvalue weighted by Gasteiger charge is 2.34. The zero-order valence-electron chi connectivity index (χ0n) is 14.2. The number of H-pyrrole nitrogens is 1. The number of alkyl halides is 3. The summed E-state index contributed by atoms with van der Waals surface area (Å²) >= 11 is 0. The van der Waals surface area contributed by atoms with Crippen LogP contribution in [0.25, 0.3) is 11.4 Å². The minimum atomic E-state index is -4.56. The normalized spacial score (nSPS) is 11.3. The SMILES string of the molecule is CC(=O)Nc1cnc(-c2ccccc2C(F)(F)F)nc1Nc1n[nH]c(C)n1. The molecular formula is C16H14F3N7O. The Labute approximate surface area is 151 Å². The standard InChI is InChI=1S/C16H14F3N7O/c1-8-21-15(26-25-8)24-14-12(22-9(2)27)7-20-13(23-14)10-5-3-4-6-11(10)16(17,18)19/h3-7H,1-2H3,(H,22,27)(H2,20,21,23,24,25,26). The second kappa shape index (κ2) is 7.02. The second-order valence-corrected chi connectivity index (χ2v) is 5.55. The van der Waals surface area contributed by atoms with Crippen molar-refractivity contribution in [1.29, 1.82) is 0 Å². The summed E-state index contributed by atoms with van der Waals surface area (Å²) in [5.74, 6) is 0.178. The number of aromatic amines is 1. The number of anilines is 3. The molecule has 0 fully saturated rings. The number of nitrogens with zero attached hydrogens (tertiary/aromatic N) is 4. The van der Waals surface area contributed by atoms with E-state index in [1.54, 1.807) is 6.92 Å². The predicted molar refractivity (Wildman–Crippen MR) is 91.2 cm³/mol. The summed E-state index contributed by atoms with van der Waals surface area (Å²) in [5.41, 5.74) is -0.872. The van der Waals surface area contributed by atoms with Gasteiger partial charge in [-0.3, -0.25) is 9.89 Å². The van der Waals surface area contributed by atoms with Gasteiger partial charge in [0.25, 0.3) is 0 Å². The summed E-state index contributed by atoms with van der Waals surface area (Å²) in [6.07, 6.45) is -3.34. The molecule has 3 aromatic rings. The maximum Gasteiger partial charge on any atom is 0.417 e. The molecule has 8 nitrogen and oxygen atoms in total. The van der Waals surface area contributed by atoms with Crippen LogP contribution in [0.15, 0.2) is 30.5 Å². The lowest BCUT2D eigenvalue weighted by molar-refractivity contribution is -0.137. The first kappa shape index (κ1) is 18.3. The minimum Gasteiger partial charge on any atom is -0.322 e. The van der Waals surface area contributed by atoms with Crippen molar-refractivity contribution in [3.8, 4) is 11.4 Å². The lowest BCUT2D eigenvalue weighted by Crippen LogP contribution is -2.12. The summed E-state index contributed by atoms with van der Waals surface area (Å²) in [7, 11) is 0. The largest absolute Gasteiger partial charge is 0.417 e. The van der Waals surface area contributed by atoms with Crippen LogP contribution in [0, 0.1) is 6.92 Å². The molecule has 3 rings (SSSR count). The summed E-state index contributed by atoms with van der Waals surface area (Å²) in [6.45, 7) is 2.96. The lowest BCUT2D eigenvalue weighted by atomic mass is 10.1. The van der Waals surface area contributed by atoms with Crippen molar-refractivity contribution in [1.82, 2.24) is 25.1 Å². The highest BCUT2D eigenvalue weighted by molar-refractivity contribution is 5.92. The molecule has 27 heavy (non-hydrogen) atoms. The van der Waals surface area contributed by atoms with Crippen LogP contribution >= 0.6 is 0 Å². The average molecular weight is 377 g/mol. The van der Waals surface area contributed by atoms with Gasteiger partial charge in [0, 0.05) is 12.5 Å². The first-order chi connectivity index (χ1) is 12.7. The van der Waals surface area contributed by atoms with E-state index in [1.165, 1.54) is 31.3 Å². The molecule has 0 atom stereocenters. The van der Waals surface area contributed by atoms with Crippen molar-refractivity contribution in [2.45, 2.75) is 20.0 Å². The third-order valence-electron chi connectivity index (χ3n) is 3.40. The summed E-state index contributed by atoms with van der Waals surface area (Å²) < 4.78 is 39.8. The molecule has 0 saturated heterocycles. The summed E-state index contributed by atoms with van der Waals surface area (Å²) in [5, 5.41) is 11.8. The van der Waals surface area contributed by atoms with Gasteiger partial charge in [-0.2, -0.15) is 18.2 Å². The molecular weight excluding hydrogens is 363 g/mol. The number of aromatic nitrogens is 5. The fourth-order valence-electron chi connectivity index (χ4n) is 2.32. The van der Waals surface area contributed by atoms with Gasteiger partial charge >= 0.3 is 6.18 Å². The fourth-order valence-corrected chi connectivity index (χ4v) is 2.32. The van der Waals surface area contributed by atoms with Gasteiger partial charge in [-0.25, -0.2) is 9.97 Å². The molecule has 1 amide bonds. The van der Waals surface area contributed by atoms with Gasteiger partial charge in [-0.1, -0.05) is 18.2 Å². The average Bonchev–Trinajstić information content (AvgIpc) is 3.00. The van der Waals surface area contributed by atoms with Crippen LogP contribution in [-0.4, -0.2) is 31.1 Å². The van der Waals surface area contributed by atoms with Gasteiger partial charge in [0.15, 0.2) is 11.6 Å². The van der Waals surface area contributed by atoms with Crippen molar-refractivity contribution < 1.29 is 18.0 Å². The number of benzene rings is 1. The molecule has 0 aliphatic rings. The van der Waals surface area contributed by atoms with E-state index in [0.717, 1.165) is 6.07 Å². The first-order valence-electron chi connectivity index (χ1n) is 7.71. The predicted octanol–water partition coefficient (Wildman–Crippen LogP) is 3.29. The highest BCUT2D eigenvalue weighted by atomic mass is 19.4. The Kier molecular flexibility index (Phi) is 4.75. The van der Waals surface area contributed by atoms with Crippen LogP contribution in [0.4, 0.5) is 30.6 Å². The number of carbonyl (C=O) groups is 1. The maximum absolute atomic E-state index is 13.3. The quantitative estimate of drug-likeness (QED) is 0.644. The minimum absolute atomic E-state index is 0.0613. The Morgan fingerprint density at radius 1 is 1.19 bits per heavy atom. The van der Waals surface area contributed by atoms with Gasteiger partial charge in [0.05, 0.1) is 11.8 Å². The number of hydrogen-bond acceptors (Lipinski definition) is 6. The van der Waals surface area contributed by atoms with E-state index in [-0.39, 0.29) is 28.8 Å². The van der Waals surface area contributed by atoms with E-state index < -0.39 is 17.6 Å². The van der Waals surface area contributed by atoms with Crippen LogP contribution in [0.3, 0.4) is 0 Å². The smallest absolute Gasteiger partial charge is 0.322 e. The highest BCUT2D eigenvalue weighted by Crippen LogP contribution is 2.36. The zero-order valence-corrected chi connectivity index (χ0v) is 14.2. The Hall–Kier alpha value is -3.50. The second-order valence-electron chi connectivity index (χ2n) is 5.55. The lowest BCUT2D eigenvalue weighted by Gasteiger charge is -2.14. The van der Waals surface area contributed by atoms with Crippen molar-refractivity contribution >= 4 is 23.4 Å². The Balaban J connectivity index is 2.08. The summed E-state index contributed by atoms with van der Waals surface area (Å²) in [4.78, 5) is 23.5. The number of hydrogen-bond donors (Lipinski definition) is 3.